The fourth-order valence-electron chi connectivity index (χ4n) is 0.256. The molecule has 6 heteroatoms. The normalized spacial score (nSPS) is 12.7. The molecular weight excluding hydrogens is 165 g/mol. The molecule has 0 aliphatic carbocycles. The molecule has 0 saturated carbocycles. The maximum atomic E-state index is 9.79. The van der Waals surface area contributed by atoms with Crippen molar-refractivity contribution in [3.05, 3.63) is 0 Å². The van der Waals surface area contributed by atoms with Gasteiger partial charge in [0.15, 0.2) is 0 Å². The van der Waals surface area contributed by atoms with Gasteiger partial charge in [-0.2, -0.15) is 0 Å². The summed E-state index contributed by atoms with van der Waals surface area (Å²) in [4.78, 5) is 0. The van der Waals surface area contributed by atoms with E-state index in [9.17, 15) is 8.42 Å². The molecule has 0 aliphatic rings. The maximum absolute atomic E-state index is 9.79. The van der Waals surface area contributed by atoms with E-state index < -0.39 is 11.0 Å². The number of hydrogen-bond acceptors (Lipinski definition) is 4. The zero-order valence-corrected chi connectivity index (χ0v) is 6.14. The average Bonchev–Trinajstić information content (AvgIpc) is 1.83. The summed E-state index contributed by atoms with van der Waals surface area (Å²) in [7, 11) is -2.69. The predicted molar refractivity (Wildman–Crippen MR) is 41.6 cm³/mol. The molecule has 2 N–H and O–H groups in total. The van der Waals surface area contributed by atoms with Gasteiger partial charge in [0.25, 0.3) is 11.0 Å². The Morgan fingerprint density at radius 2 is 2.10 bits per heavy atom. The van der Waals surface area contributed by atoms with Gasteiger partial charge in [0.1, 0.15) is 0 Å². The summed E-state index contributed by atoms with van der Waals surface area (Å²) in [6.07, 6.45) is 0. The zero-order chi connectivity index (χ0) is 7.28. The Labute approximate surface area is 84.6 Å². The van der Waals surface area contributed by atoms with E-state index in [0.717, 1.165) is 0 Å². The molecule has 4 nitrogen and oxygen atoms in total. The molecule has 0 heterocycles. The van der Waals surface area contributed by atoms with Gasteiger partial charge in [-0.25, -0.2) is 8.42 Å². The Bertz CT molecular complexity index is 130. The summed E-state index contributed by atoms with van der Waals surface area (Å²) in [6.45, 7) is 2.46. The topological polar surface area (TPSA) is 69.4 Å². The number of hydrogen-bond donors (Lipinski definition) is 2. The van der Waals surface area contributed by atoms with Gasteiger partial charge >= 0.3 is 29.6 Å². The fourth-order valence-corrected chi connectivity index (χ4v) is 0.632. The summed E-state index contributed by atoms with van der Waals surface area (Å²) < 4.78 is 23.9. The van der Waals surface area contributed by atoms with E-state index in [0.29, 0.717) is 6.54 Å². The quantitative estimate of drug-likeness (QED) is 0.404. The van der Waals surface area contributed by atoms with Crippen molar-refractivity contribution < 1.29 is 12.6 Å². The second kappa shape index (κ2) is 7.97. The van der Waals surface area contributed by atoms with Gasteiger partial charge in [-0.1, -0.05) is 6.92 Å². The molecule has 0 aromatic rings. The van der Waals surface area contributed by atoms with Crippen LogP contribution in [0.25, 0.3) is 0 Å². The Morgan fingerprint density at radius 1 is 1.60 bits per heavy atom. The Morgan fingerprint density at radius 3 is 2.40 bits per heavy atom. The summed E-state index contributed by atoms with van der Waals surface area (Å²) in [5, 5.41) is 0. The molecule has 10 heavy (non-hydrogen) atoms. The van der Waals surface area contributed by atoms with Gasteiger partial charge < -0.3 is 5.73 Å². The molecule has 0 saturated heterocycles. The van der Waals surface area contributed by atoms with Crippen LogP contribution in [0.15, 0.2) is 0 Å². The molecule has 0 rings (SSSR count). The van der Waals surface area contributed by atoms with E-state index in [4.69, 9.17) is 5.73 Å². The average molecular weight is 177 g/mol. The number of rotatable bonds is 4. The van der Waals surface area contributed by atoms with Crippen molar-refractivity contribution in [2.24, 2.45) is 11.7 Å². The molecule has 58 valence electrons. The van der Waals surface area contributed by atoms with Gasteiger partial charge in [-0.05, 0) is 12.5 Å². The second-order valence-corrected chi connectivity index (χ2v) is 2.57. The van der Waals surface area contributed by atoms with E-state index in [1.807, 2.05) is 6.92 Å². The Hall–Kier alpha value is 0.870. The number of nitrogens with two attached hydrogens (primary N) is 1. The van der Waals surface area contributed by atoms with Crippen LogP contribution in [0.1, 0.15) is 6.92 Å². The first-order valence-electron chi connectivity index (χ1n) is 2.64. The van der Waals surface area contributed by atoms with Crippen molar-refractivity contribution >= 4 is 40.5 Å². The minimum atomic E-state index is -2.69. The standard InChI is InChI=1S/C4H11NO3S.Na.H/c1-4(2-5)3-8-9(6)7;;/h4,9H,2-3,5H2,1H3;;. The monoisotopic (exact) mass is 177 g/mol. The van der Waals surface area contributed by atoms with Crippen LogP contribution in [-0.2, 0) is 15.2 Å². The van der Waals surface area contributed by atoms with Gasteiger partial charge in [0.05, 0.1) is 6.61 Å². The van der Waals surface area contributed by atoms with E-state index in [1.165, 1.54) is 0 Å². The molecule has 0 aromatic carbocycles. The van der Waals surface area contributed by atoms with Gasteiger partial charge in [0, 0.05) is 0 Å². The van der Waals surface area contributed by atoms with Crippen LogP contribution in [-0.4, -0.2) is 51.1 Å². The molecular formula is C4H12NNaO3S. The summed E-state index contributed by atoms with van der Waals surface area (Å²) in [5.74, 6) is 0.109. The van der Waals surface area contributed by atoms with Crippen LogP contribution in [0.2, 0.25) is 0 Å². The van der Waals surface area contributed by atoms with Crippen LogP contribution < -0.4 is 5.73 Å². The molecule has 0 radical (unpaired) electrons. The molecule has 0 spiro atoms. The van der Waals surface area contributed by atoms with Crippen molar-refractivity contribution in [2.45, 2.75) is 6.92 Å². The van der Waals surface area contributed by atoms with Crippen LogP contribution in [0, 0.1) is 5.92 Å². The molecule has 1 atom stereocenters. The SMILES string of the molecule is CC(CN)CO[SH](=O)=O.[NaH]. The van der Waals surface area contributed by atoms with Crippen LogP contribution in [0.3, 0.4) is 0 Å². The zero-order valence-electron chi connectivity index (χ0n) is 5.24. The first-order valence-corrected chi connectivity index (χ1v) is 3.73. The molecule has 0 aromatic heterocycles. The second-order valence-electron chi connectivity index (χ2n) is 1.86. The molecule has 0 fully saturated rings. The third kappa shape index (κ3) is 8.87. The first kappa shape index (κ1) is 13.5. The van der Waals surface area contributed by atoms with E-state index in [2.05, 4.69) is 4.18 Å². The van der Waals surface area contributed by atoms with E-state index in [-0.39, 0.29) is 42.1 Å². The summed E-state index contributed by atoms with van der Waals surface area (Å²) >= 11 is 0. The predicted octanol–water partition coefficient (Wildman–Crippen LogP) is -1.52. The molecule has 0 amide bonds. The molecule has 1 unspecified atom stereocenters. The first-order chi connectivity index (χ1) is 4.16. The van der Waals surface area contributed by atoms with Crippen molar-refractivity contribution in [1.82, 2.24) is 0 Å². The van der Waals surface area contributed by atoms with Crippen molar-refractivity contribution in [2.75, 3.05) is 13.2 Å². The van der Waals surface area contributed by atoms with Crippen LogP contribution in [0.5, 0.6) is 0 Å². The Balaban J connectivity index is 0. The van der Waals surface area contributed by atoms with Crippen LogP contribution in [0.4, 0.5) is 0 Å². The van der Waals surface area contributed by atoms with Gasteiger partial charge in [0.2, 0.25) is 0 Å². The third-order valence-electron chi connectivity index (χ3n) is 0.867. The van der Waals surface area contributed by atoms with Crippen LogP contribution >= 0.6 is 0 Å². The molecule has 0 bridgehead atoms. The van der Waals surface area contributed by atoms with Crippen molar-refractivity contribution in [3.63, 3.8) is 0 Å². The number of thiol groups is 1. The fraction of sp³-hybridized carbons (Fsp3) is 1.00. The van der Waals surface area contributed by atoms with E-state index >= 15 is 0 Å². The van der Waals surface area contributed by atoms with Crippen molar-refractivity contribution in [3.8, 4) is 0 Å². The minimum absolute atomic E-state index is 0. The van der Waals surface area contributed by atoms with E-state index in [1.54, 1.807) is 0 Å². The van der Waals surface area contributed by atoms with Gasteiger partial charge in [-0.15, -0.1) is 0 Å². The van der Waals surface area contributed by atoms with Gasteiger partial charge in [-0.3, -0.25) is 4.18 Å². The van der Waals surface area contributed by atoms with Crippen molar-refractivity contribution in [1.29, 1.82) is 0 Å². The summed E-state index contributed by atoms with van der Waals surface area (Å²) in [6, 6.07) is 0. The molecule has 0 aliphatic heterocycles. The Kier molecular flexibility index (Phi) is 10.7. The summed E-state index contributed by atoms with van der Waals surface area (Å²) in [5.41, 5.74) is 5.18. The third-order valence-corrected chi connectivity index (χ3v) is 1.23.